The first-order chi connectivity index (χ1) is 19.1. The Morgan fingerprint density at radius 3 is 2.10 bits per heavy atom. The minimum atomic E-state index is -4.09. The molecule has 0 bridgehead atoms. The van der Waals surface area contributed by atoms with Gasteiger partial charge in [0.25, 0.3) is 10.0 Å². The van der Waals surface area contributed by atoms with E-state index in [1.807, 2.05) is 39.0 Å². The number of para-hydroxylation sites is 1. The molecule has 0 radical (unpaired) electrons. The summed E-state index contributed by atoms with van der Waals surface area (Å²) in [5.41, 5.74) is 1.90. The summed E-state index contributed by atoms with van der Waals surface area (Å²) in [6, 6.07) is 21.5. The molecule has 0 aliphatic rings. The Balaban J connectivity index is 2.05. The monoisotopic (exact) mass is 565 g/mol. The first kappa shape index (κ1) is 30.7. The van der Waals surface area contributed by atoms with Crippen molar-refractivity contribution in [2.45, 2.75) is 64.1 Å². The second kappa shape index (κ2) is 14.0. The molecule has 40 heavy (non-hydrogen) atoms. The van der Waals surface area contributed by atoms with Gasteiger partial charge in [0.15, 0.2) is 0 Å². The number of amides is 2. The van der Waals surface area contributed by atoms with Gasteiger partial charge in [-0.15, -0.1) is 0 Å². The summed E-state index contributed by atoms with van der Waals surface area (Å²) < 4.78 is 34.2. The van der Waals surface area contributed by atoms with Gasteiger partial charge < -0.3 is 15.0 Å². The Labute approximate surface area is 238 Å². The first-order valence-corrected chi connectivity index (χ1v) is 14.9. The Hall–Kier alpha value is -3.85. The third kappa shape index (κ3) is 7.41. The van der Waals surface area contributed by atoms with Crippen LogP contribution in [-0.4, -0.2) is 50.9 Å². The molecule has 8 nitrogen and oxygen atoms in total. The number of carbonyl (C=O) groups is 2. The fourth-order valence-corrected chi connectivity index (χ4v) is 5.86. The Kier molecular flexibility index (Phi) is 10.7. The molecule has 3 aromatic rings. The van der Waals surface area contributed by atoms with Gasteiger partial charge in [-0.1, -0.05) is 62.4 Å². The zero-order valence-corrected chi connectivity index (χ0v) is 24.6. The average Bonchev–Trinajstić information content (AvgIpc) is 2.96. The number of carbonyl (C=O) groups excluding carboxylic acids is 2. The third-order valence-corrected chi connectivity index (χ3v) is 8.67. The molecular formula is C31H39N3O5S. The molecule has 0 fully saturated rings. The van der Waals surface area contributed by atoms with Crippen molar-refractivity contribution in [3.8, 4) is 5.75 Å². The Morgan fingerprint density at radius 2 is 1.52 bits per heavy atom. The number of ether oxygens (including phenoxy) is 1. The van der Waals surface area contributed by atoms with Crippen molar-refractivity contribution in [1.29, 1.82) is 0 Å². The third-order valence-electron chi connectivity index (χ3n) is 6.89. The molecule has 2 atom stereocenters. The van der Waals surface area contributed by atoms with Crippen molar-refractivity contribution >= 4 is 27.5 Å². The fourth-order valence-electron chi connectivity index (χ4n) is 4.36. The van der Waals surface area contributed by atoms with E-state index in [0.29, 0.717) is 23.4 Å². The van der Waals surface area contributed by atoms with E-state index < -0.39 is 28.5 Å². The summed E-state index contributed by atoms with van der Waals surface area (Å²) in [6.07, 6.45) is 1.10. The Bertz CT molecular complexity index is 1380. The van der Waals surface area contributed by atoms with Gasteiger partial charge in [0, 0.05) is 12.6 Å². The number of benzene rings is 3. The Morgan fingerprint density at radius 1 is 0.900 bits per heavy atom. The molecule has 3 aromatic carbocycles. The molecule has 0 saturated heterocycles. The van der Waals surface area contributed by atoms with Crippen molar-refractivity contribution in [3.05, 3.63) is 90.0 Å². The number of nitrogens with one attached hydrogen (secondary N) is 1. The maximum Gasteiger partial charge on any atom is 0.264 e. The summed E-state index contributed by atoms with van der Waals surface area (Å²) >= 11 is 0. The van der Waals surface area contributed by atoms with Gasteiger partial charge in [-0.05, 0) is 68.1 Å². The molecule has 9 heteroatoms. The quantitative estimate of drug-likeness (QED) is 0.317. The lowest BCUT2D eigenvalue weighted by atomic mass is 10.1. The van der Waals surface area contributed by atoms with Gasteiger partial charge in [0.05, 0.1) is 17.7 Å². The molecule has 0 aromatic heterocycles. The topological polar surface area (TPSA) is 96.0 Å². The number of methoxy groups -OCH3 is 1. The van der Waals surface area contributed by atoms with E-state index in [1.165, 1.54) is 17.0 Å². The van der Waals surface area contributed by atoms with Crippen LogP contribution in [0.25, 0.3) is 0 Å². The predicted molar refractivity (Wildman–Crippen MR) is 158 cm³/mol. The van der Waals surface area contributed by atoms with Crippen LogP contribution in [0.15, 0.2) is 83.8 Å². The lowest BCUT2D eigenvalue weighted by molar-refractivity contribution is -0.140. The second-order valence-corrected chi connectivity index (χ2v) is 11.6. The standard InChI is InChI=1S/C31H39N3O5S/c1-6-24(4)32-31(36)28(7-2)33(21-25-17-19-26(39-5)20-18-25)30(35)22-34(29-16-12-11-13-23(29)3)40(37,38)27-14-9-8-10-15-27/h8-20,24,28H,6-7,21-22H2,1-5H3,(H,32,36)/t24-,28-/m1/s1. The molecule has 214 valence electrons. The number of aryl methyl sites for hydroxylation is 1. The predicted octanol–water partition coefficient (Wildman–Crippen LogP) is 4.92. The van der Waals surface area contributed by atoms with Crippen LogP contribution in [0.5, 0.6) is 5.75 Å². The highest BCUT2D eigenvalue weighted by atomic mass is 32.2. The van der Waals surface area contributed by atoms with Crippen LogP contribution < -0.4 is 14.4 Å². The highest BCUT2D eigenvalue weighted by Crippen LogP contribution is 2.27. The van der Waals surface area contributed by atoms with Crippen LogP contribution in [0, 0.1) is 6.92 Å². The second-order valence-electron chi connectivity index (χ2n) is 9.72. The van der Waals surface area contributed by atoms with E-state index in [-0.39, 0.29) is 23.4 Å². The molecule has 0 aliphatic heterocycles. The van der Waals surface area contributed by atoms with Crippen LogP contribution in [-0.2, 0) is 26.2 Å². The van der Waals surface area contributed by atoms with Crippen LogP contribution in [0.2, 0.25) is 0 Å². The van der Waals surface area contributed by atoms with E-state index in [0.717, 1.165) is 16.3 Å². The summed E-state index contributed by atoms with van der Waals surface area (Å²) in [5.74, 6) is -0.0836. The van der Waals surface area contributed by atoms with Gasteiger partial charge in [0.2, 0.25) is 11.8 Å². The summed E-state index contributed by atoms with van der Waals surface area (Å²) in [5, 5.41) is 2.99. The number of hydrogen-bond donors (Lipinski definition) is 1. The van der Waals surface area contributed by atoms with Crippen molar-refractivity contribution in [3.63, 3.8) is 0 Å². The summed E-state index contributed by atoms with van der Waals surface area (Å²) in [4.78, 5) is 29.0. The van der Waals surface area contributed by atoms with E-state index in [1.54, 1.807) is 62.6 Å². The minimum Gasteiger partial charge on any atom is -0.497 e. The highest BCUT2D eigenvalue weighted by Gasteiger charge is 2.34. The summed E-state index contributed by atoms with van der Waals surface area (Å²) in [7, 11) is -2.52. The van der Waals surface area contributed by atoms with E-state index in [4.69, 9.17) is 4.74 Å². The molecule has 3 rings (SSSR count). The normalized spacial score (nSPS) is 12.7. The maximum absolute atomic E-state index is 14.1. The van der Waals surface area contributed by atoms with Crippen LogP contribution >= 0.6 is 0 Å². The van der Waals surface area contributed by atoms with Crippen LogP contribution in [0.1, 0.15) is 44.7 Å². The zero-order chi connectivity index (χ0) is 29.3. The molecule has 0 heterocycles. The number of rotatable bonds is 13. The summed E-state index contributed by atoms with van der Waals surface area (Å²) in [6.45, 7) is 7.19. The number of nitrogens with zero attached hydrogens (tertiary/aromatic N) is 2. The zero-order valence-electron chi connectivity index (χ0n) is 23.8. The number of sulfonamides is 1. The lowest BCUT2D eigenvalue weighted by Gasteiger charge is -2.34. The van der Waals surface area contributed by atoms with Gasteiger partial charge in [0.1, 0.15) is 18.3 Å². The van der Waals surface area contributed by atoms with E-state index in [2.05, 4.69) is 5.32 Å². The van der Waals surface area contributed by atoms with Crippen LogP contribution in [0.3, 0.4) is 0 Å². The smallest absolute Gasteiger partial charge is 0.264 e. The molecule has 0 aliphatic carbocycles. The molecule has 0 saturated carbocycles. The van der Waals surface area contributed by atoms with E-state index in [9.17, 15) is 18.0 Å². The lowest BCUT2D eigenvalue weighted by Crippen LogP contribution is -2.53. The molecule has 0 unspecified atom stereocenters. The maximum atomic E-state index is 14.1. The van der Waals surface area contributed by atoms with Gasteiger partial charge >= 0.3 is 0 Å². The first-order valence-electron chi connectivity index (χ1n) is 13.5. The van der Waals surface area contributed by atoms with Crippen molar-refractivity contribution in [1.82, 2.24) is 10.2 Å². The fraction of sp³-hybridized carbons (Fsp3) is 0.355. The molecule has 0 spiro atoms. The molecular weight excluding hydrogens is 526 g/mol. The SMILES string of the molecule is CC[C@@H](C)NC(=O)[C@@H](CC)N(Cc1ccc(OC)cc1)C(=O)CN(c1ccccc1C)S(=O)(=O)c1ccccc1. The number of anilines is 1. The van der Waals surface area contributed by atoms with Gasteiger partial charge in [-0.2, -0.15) is 0 Å². The van der Waals surface area contributed by atoms with Crippen LogP contribution in [0.4, 0.5) is 5.69 Å². The number of hydrogen-bond acceptors (Lipinski definition) is 5. The van der Waals surface area contributed by atoms with Crippen molar-refractivity contribution in [2.75, 3.05) is 18.0 Å². The molecule has 2 amide bonds. The van der Waals surface area contributed by atoms with Crippen molar-refractivity contribution in [2.24, 2.45) is 0 Å². The van der Waals surface area contributed by atoms with E-state index >= 15 is 0 Å². The minimum absolute atomic E-state index is 0.0681. The molecule has 1 N–H and O–H groups in total. The highest BCUT2D eigenvalue weighted by molar-refractivity contribution is 7.92. The average molecular weight is 566 g/mol. The van der Waals surface area contributed by atoms with Crippen molar-refractivity contribution < 1.29 is 22.7 Å². The van der Waals surface area contributed by atoms with Gasteiger partial charge in [-0.3, -0.25) is 13.9 Å². The van der Waals surface area contributed by atoms with Gasteiger partial charge in [-0.25, -0.2) is 8.42 Å². The largest absolute Gasteiger partial charge is 0.497 e.